The second-order valence-electron chi connectivity index (χ2n) is 5.73. The van der Waals surface area contributed by atoms with Crippen molar-refractivity contribution in [3.05, 3.63) is 0 Å². The molecule has 0 spiro atoms. The van der Waals surface area contributed by atoms with Crippen LogP contribution in [-0.4, -0.2) is 78.5 Å². The molecule has 0 radical (unpaired) electrons. The molecule has 0 aromatic rings. The smallest absolute Gasteiger partial charge is 0.329 e. The van der Waals surface area contributed by atoms with Crippen LogP contribution in [-0.2, 0) is 14.3 Å². The SMILES string of the molecule is CN(C(=O)N1CC(C)(OCC(=O)O)C1)C1CCOCC1. The van der Waals surface area contributed by atoms with Gasteiger partial charge in [-0.1, -0.05) is 0 Å². The highest BCUT2D eigenvalue weighted by Gasteiger charge is 2.44. The summed E-state index contributed by atoms with van der Waals surface area (Å²) in [5.41, 5.74) is -0.537. The summed E-state index contributed by atoms with van der Waals surface area (Å²) in [6.45, 7) is 3.77. The number of aliphatic carboxylic acids is 1. The lowest BCUT2D eigenvalue weighted by molar-refractivity contribution is -0.160. The largest absolute Gasteiger partial charge is 0.480 e. The van der Waals surface area contributed by atoms with Crippen LogP contribution in [0.15, 0.2) is 0 Å². The minimum Gasteiger partial charge on any atom is -0.480 e. The normalized spacial score (nSPS) is 22.2. The number of nitrogens with zero attached hydrogens (tertiary/aromatic N) is 2. The standard InChI is InChI=1S/C13H22N2O5/c1-13(20-7-11(16)17)8-15(9-13)12(18)14(2)10-3-5-19-6-4-10/h10H,3-9H2,1-2H3,(H,16,17). The van der Waals surface area contributed by atoms with E-state index in [-0.39, 0.29) is 18.7 Å². The van der Waals surface area contributed by atoms with Crippen LogP contribution in [0.5, 0.6) is 0 Å². The molecule has 0 aromatic heterocycles. The Hall–Kier alpha value is -1.34. The van der Waals surface area contributed by atoms with Gasteiger partial charge in [0.05, 0.1) is 13.1 Å². The van der Waals surface area contributed by atoms with Crippen molar-refractivity contribution in [1.82, 2.24) is 9.80 Å². The Morgan fingerprint density at radius 1 is 1.40 bits per heavy atom. The fourth-order valence-corrected chi connectivity index (χ4v) is 2.68. The second kappa shape index (κ2) is 5.97. The molecule has 7 heteroatoms. The first-order chi connectivity index (χ1) is 9.41. The average molecular weight is 286 g/mol. The Morgan fingerprint density at radius 3 is 2.55 bits per heavy atom. The molecule has 114 valence electrons. The maximum absolute atomic E-state index is 12.3. The van der Waals surface area contributed by atoms with Gasteiger partial charge in [-0.05, 0) is 19.8 Å². The van der Waals surface area contributed by atoms with Crippen molar-refractivity contribution in [2.75, 3.05) is 40.0 Å². The lowest BCUT2D eigenvalue weighted by Gasteiger charge is -2.49. The molecule has 2 aliphatic heterocycles. The summed E-state index contributed by atoms with van der Waals surface area (Å²) in [6.07, 6.45) is 1.73. The van der Waals surface area contributed by atoms with Crippen molar-refractivity contribution in [3.63, 3.8) is 0 Å². The van der Waals surface area contributed by atoms with E-state index < -0.39 is 11.6 Å². The van der Waals surface area contributed by atoms with Crippen molar-refractivity contribution in [3.8, 4) is 0 Å². The Morgan fingerprint density at radius 2 is 2.00 bits per heavy atom. The van der Waals surface area contributed by atoms with E-state index in [4.69, 9.17) is 14.6 Å². The van der Waals surface area contributed by atoms with Gasteiger partial charge in [-0.3, -0.25) is 0 Å². The second-order valence-corrected chi connectivity index (χ2v) is 5.73. The molecule has 20 heavy (non-hydrogen) atoms. The number of urea groups is 1. The minimum absolute atomic E-state index is 0.0201. The van der Waals surface area contributed by atoms with Gasteiger partial charge in [0.15, 0.2) is 0 Å². The van der Waals surface area contributed by atoms with Crippen LogP contribution in [0.4, 0.5) is 4.79 Å². The Balaban J connectivity index is 1.79. The van der Waals surface area contributed by atoms with Gasteiger partial charge in [0.2, 0.25) is 0 Å². The molecule has 1 N–H and O–H groups in total. The molecule has 2 aliphatic rings. The van der Waals surface area contributed by atoms with Crippen molar-refractivity contribution < 1.29 is 24.2 Å². The minimum atomic E-state index is -0.990. The van der Waals surface area contributed by atoms with E-state index in [2.05, 4.69) is 0 Å². The molecule has 2 heterocycles. The molecule has 0 saturated carbocycles. The van der Waals surface area contributed by atoms with E-state index in [0.717, 1.165) is 12.8 Å². The lowest BCUT2D eigenvalue weighted by Crippen LogP contribution is -2.66. The van der Waals surface area contributed by atoms with Gasteiger partial charge in [0.1, 0.15) is 12.2 Å². The molecule has 0 aliphatic carbocycles. The zero-order valence-electron chi connectivity index (χ0n) is 12.0. The van der Waals surface area contributed by atoms with Gasteiger partial charge >= 0.3 is 12.0 Å². The Labute approximate surface area is 118 Å². The van der Waals surface area contributed by atoms with Gasteiger partial charge < -0.3 is 24.4 Å². The Kier molecular flexibility index (Phi) is 4.49. The monoisotopic (exact) mass is 286 g/mol. The highest BCUT2D eigenvalue weighted by Crippen LogP contribution is 2.26. The highest BCUT2D eigenvalue weighted by atomic mass is 16.5. The van der Waals surface area contributed by atoms with E-state index in [1.807, 2.05) is 14.0 Å². The zero-order valence-corrected chi connectivity index (χ0v) is 12.0. The highest BCUT2D eigenvalue weighted by molar-refractivity contribution is 5.76. The van der Waals surface area contributed by atoms with Crippen LogP contribution in [0.3, 0.4) is 0 Å². The number of carboxylic acid groups (broad SMARTS) is 1. The molecule has 0 bridgehead atoms. The van der Waals surface area contributed by atoms with Crippen LogP contribution in [0, 0.1) is 0 Å². The van der Waals surface area contributed by atoms with Crippen molar-refractivity contribution in [2.45, 2.75) is 31.4 Å². The van der Waals surface area contributed by atoms with Crippen LogP contribution in [0.25, 0.3) is 0 Å². The maximum Gasteiger partial charge on any atom is 0.329 e. The van der Waals surface area contributed by atoms with E-state index in [9.17, 15) is 9.59 Å². The van der Waals surface area contributed by atoms with Crippen molar-refractivity contribution in [1.29, 1.82) is 0 Å². The van der Waals surface area contributed by atoms with Crippen molar-refractivity contribution in [2.24, 2.45) is 0 Å². The third kappa shape index (κ3) is 3.40. The number of hydrogen-bond donors (Lipinski definition) is 1. The number of hydrogen-bond acceptors (Lipinski definition) is 4. The van der Waals surface area contributed by atoms with Gasteiger partial charge in [0, 0.05) is 26.3 Å². The first kappa shape index (κ1) is 15.1. The van der Waals surface area contributed by atoms with Crippen LogP contribution >= 0.6 is 0 Å². The summed E-state index contributed by atoms with van der Waals surface area (Å²) in [5, 5.41) is 8.60. The molecule has 2 amide bonds. The van der Waals surface area contributed by atoms with Gasteiger partial charge in [0.25, 0.3) is 0 Å². The molecule has 0 atom stereocenters. The molecule has 0 unspecified atom stereocenters. The van der Waals surface area contributed by atoms with Crippen LogP contribution < -0.4 is 0 Å². The summed E-state index contributed by atoms with van der Waals surface area (Å²) >= 11 is 0. The number of likely N-dealkylation sites (tertiary alicyclic amines) is 1. The number of rotatable bonds is 4. The van der Waals surface area contributed by atoms with E-state index in [1.54, 1.807) is 9.80 Å². The predicted molar refractivity (Wildman–Crippen MR) is 70.6 cm³/mol. The molecule has 2 saturated heterocycles. The molecule has 0 aromatic carbocycles. The summed E-state index contributed by atoms with van der Waals surface area (Å²) < 4.78 is 10.6. The van der Waals surface area contributed by atoms with E-state index >= 15 is 0 Å². The third-order valence-corrected chi connectivity index (χ3v) is 3.91. The number of carboxylic acids is 1. The maximum atomic E-state index is 12.3. The van der Waals surface area contributed by atoms with Crippen LogP contribution in [0.2, 0.25) is 0 Å². The molecule has 2 rings (SSSR count). The van der Waals surface area contributed by atoms with E-state index in [0.29, 0.717) is 26.3 Å². The predicted octanol–water partition coefficient (Wildman–Crippen LogP) is 0.393. The third-order valence-electron chi connectivity index (χ3n) is 3.91. The summed E-state index contributed by atoms with van der Waals surface area (Å²) in [4.78, 5) is 26.2. The first-order valence-corrected chi connectivity index (χ1v) is 6.86. The number of carbonyl (C=O) groups is 2. The summed E-state index contributed by atoms with van der Waals surface area (Å²) in [5.74, 6) is -0.990. The molecular weight excluding hydrogens is 264 g/mol. The zero-order chi connectivity index (χ0) is 14.8. The molecule has 2 fully saturated rings. The molecule has 7 nitrogen and oxygen atoms in total. The quantitative estimate of drug-likeness (QED) is 0.809. The van der Waals surface area contributed by atoms with Crippen LogP contribution in [0.1, 0.15) is 19.8 Å². The van der Waals surface area contributed by atoms with Gasteiger partial charge in [-0.2, -0.15) is 0 Å². The first-order valence-electron chi connectivity index (χ1n) is 6.86. The number of ether oxygens (including phenoxy) is 2. The number of carbonyl (C=O) groups excluding carboxylic acids is 1. The fourth-order valence-electron chi connectivity index (χ4n) is 2.68. The van der Waals surface area contributed by atoms with Crippen molar-refractivity contribution >= 4 is 12.0 Å². The van der Waals surface area contributed by atoms with Gasteiger partial charge in [-0.25, -0.2) is 9.59 Å². The fraction of sp³-hybridized carbons (Fsp3) is 0.846. The summed E-state index contributed by atoms with van der Waals surface area (Å²) in [7, 11) is 1.81. The molecular formula is C13H22N2O5. The lowest BCUT2D eigenvalue weighted by atomic mass is 9.96. The topological polar surface area (TPSA) is 79.3 Å². The Bertz CT molecular complexity index is 375. The number of amides is 2. The van der Waals surface area contributed by atoms with E-state index in [1.165, 1.54) is 0 Å². The average Bonchev–Trinajstić information content (AvgIpc) is 2.41. The van der Waals surface area contributed by atoms with Gasteiger partial charge in [-0.15, -0.1) is 0 Å². The summed E-state index contributed by atoms with van der Waals surface area (Å²) in [6, 6.07) is 0.205.